The highest BCUT2D eigenvalue weighted by molar-refractivity contribution is 6.32. The summed E-state index contributed by atoms with van der Waals surface area (Å²) in [6.45, 7) is 1.93. The lowest BCUT2D eigenvalue weighted by atomic mass is 10.1. The number of halogens is 2. The zero-order valence-corrected chi connectivity index (χ0v) is 12.8. The van der Waals surface area contributed by atoms with Crippen LogP contribution in [0.25, 0.3) is 0 Å². The number of ether oxygens (including phenoxy) is 1. The first-order valence-electron chi connectivity index (χ1n) is 6.34. The molecule has 0 unspecified atom stereocenters. The van der Waals surface area contributed by atoms with Gasteiger partial charge in [0.05, 0.1) is 4.92 Å². The third-order valence-electron chi connectivity index (χ3n) is 3.02. The molecule has 2 aromatic rings. The van der Waals surface area contributed by atoms with Crippen molar-refractivity contribution in [2.75, 3.05) is 0 Å². The van der Waals surface area contributed by atoms with Crippen LogP contribution in [-0.2, 0) is 12.3 Å². The van der Waals surface area contributed by atoms with E-state index in [4.69, 9.17) is 27.9 Å². The second-order valence-corrected chi connectivity index (χ2v) is 5.08. The number of nitro groups is 1. The van der Waals surface area contributed by atoms with E-state index in [-0.39, 0.29) is 11.4 Å². The molecule has 0 spiro atoms. The summed E-state index contributed by atoms with van der Waals surface area (Å²) in [5, 5.41) is 11.6. The van der Waals surface area contributed by atoms with Crippen LogP contribution in [0.3, 0.4) is 0 Å². The Morgan fingerprint density at radius 1 is 1.24 bits per heavy atom. The Morgan fingerprint density at radius 3 is 2.57 bits per heavy atom. The second kappa shape index (κ2) is 6.78. The first-order valence-corrected chi connectivity index (χ1v) is 7.26. The number of aryl methyl sites for hydroxylation is 1. The second-order valence-electron chi connectivity index (χ2n) is 4.40. The lowest BCUT2D eigenvalue weighted by Crippen LogP contribution is -1.95. The molecule has 0 aromatic heterocycles. The molecule has 0 bridgehead atoms. The summed E-state index contributed by atoms with van der Waals surface area (Å²) < 4.78 is 5.58. The molecular weight excluding hydrogens is 313 g/mol. The number of rotatable bonds is 5. The maximum absolute atomic E-state index is 11.1. The predicted molar refractivity (Wildman–Crippen MR) is 83.6 cm³/mol. The lowest BCUT2D eigenvalue weighted by molar-refractivity contribution is -0.385. The minimum Gasteiger partial charge on any atom is -0.450 e. The lowest BCUT2D eigenvalue weighted by Gasteiger charge is -2.09. The average Bonchev–Trinajstić information content (AvgIpc) is 2.47. The van der Waals surface area contributed by atoms with Crippen molar-refractivity contribution in [1.29, 1.82) is 0 Å². The summed E-state index contributed by atoms with van der Waals surface area (Å²) in [6.07, 6.45) is 0.720. The van der Waals surface area contributed by atoms with Gasteiger partial charge in [-0.25, -0.2) is 0 Å². The van der Waals surface area contributed by atoms with Crippen LogP contribution in [0.1, 0.15) is 18.1 Å². The number of alkyl halides is 1. The van der Waals surface area contributed by atoms with Crippen molar-refractivity contribution in [3.8, 4) is 11.5 Å². The van der Waals surface area contributed by atoms with Crippen molar-refractivity contribution in [2.24, 2.45) is 0 Å². The van der Waals surface area contributed by atoms with Gasteiger partial charge in [-0.05, 0) is 35.7 Å². The Hall–Kier alpha value is -1.78. The third kappa shape index (κ3) is 3.65. The number of hydrogen-bond donors (Lipinski definition) is 0. The molecule has 0 atom stereocenters. The van der Waals surface area contributed by atoms with Gasteiger partial charge in [0.15, 0.2) is 0 Å². The van der Waals surface area contributed by atoms with Crippen molar-refractivity contribution in [3.05, 3.63) is 62.7 Å². The standard InChI is InChI=1S/C15H13Cl2NO3/c1-2-10-3-6-15(14(7-10)18(19)20)21-12-5-4-11(9-16)13(17)8-12/h3-8H,2,9H2,1H3. The predicted octanol–water partition coefficient (Wildman–Crippen LogP) is 5.34. The molecule has 0 saturated heterocycles. The van der Waals surface area contributed by atoms with Gasteiger partial charge in [-0.3, -0.25) is 10.1 Å². The van der Waals surface area contributed by atoms with Gasteiger partial charge in [-0.1, -0.05) is 30.7 Å². The van der Waals surface area contributed by atoms with Crippen LogP contribution in [0.15, 0.2) is 36.4 Å². The molecule has 0 aliphatic rings. The van der Waals surface area contributed by atoms with Crippen LogP contribution in [-0.4, -0.2) is 4.92 Å². The molecule has 6 heteroatoms. The van der Waals surface area contributed by atoms with E-state index in [0.717, 1.165) is 17.5 Å². The first-order chi connectivity index (χ1) is 10.0. The van der Waals surface area contributed by atoms with Gasteiger partial charge < -0.3 is 4.74 Å². The van der Waals surface area contributed by atoms with Gasteiger partial charge in [0.25, 0.3) is 0 Å². The molecule has 2 rings (SSSR count). The van der Waals surface area contributed by atoms with Gasteiger partial charge in [0.2, 0.25) is 5.75 Å². The normalized spacial score (nSPS) is 10.4. The molecule has 0 saturated carbocycles. The molecule has 4 nitrogen and oxygen atoms in total. The highest BCUT2D eigenvalue weighted by Gasteiger charge is 2.16. The molecule has 0 heterocycles. The van der Waals surface area contributed by atoms with E-state index < -0.39 is 4.92 Å². The zero-order valence-electron chi connectivity index (χ0n) is 11.3. The van der Waals surface area contributed by atoms with Gasteiger partial charge in [-0.15, -0.1) is 11.6 Å². The van der Waals surface area contributed by atoms with Gasteiger partial charge in [0, 0.05) is 17.0 Å². The quantitative estimate of drug-likeness (QED) is 0.423. The molecule has 110 valence electrons. The van der Waals surface area contributed by atoms with Crippen LogP contribution in [0.5, 0.6) is 11.5 Å². The molecule has 0 aliphatic heterocycles. The Kier molecular flexibility index (Phi) is 5.04. The van der Waals surface area contributed by atoms with Crippen LogP contribution in [0.2, 0.25) is 5.02 Å². The maximum atomic E-state index is 11.1. The highest BCUT2D eigenvalue weighted by atomic mass is 35.5. The van der Waals surface area contributed by atoms with E-state index in [1.54, 1.807) is 30.3 Å². The fraction of sp³-hybridized carbons (Fsp3) is 0.200. The van der Waals surface area contributed by atoms with E-state index in [1.165, 1.54) is 6.07 Å². The third-order valence-corrected chi connectivity index (χ3v) is 3.66. The minimum atomic E-state index is -0.455. The van der Waals surface area contributed by atoms with E-state index in [0.29, 0.717) is 16.7 Å². The van der Waals surface area contributed by atoms with E-state index in [1.807, 2.05) is 6.92 Å². The Morgan fingerprint density at radius 2 is 2.00 bits per heavy atom. The topological polar surface area (TPSA) is 52.4 Å². The number of hydrogen-bond acceptors (Lipinski definition) is 3. The highest BCUT2D eigenvalue weighted by Crippen LogP contribution is 2.34. The van der Waals surface area contributed by atoms with Gasteiger partial charge >= 0.3 is 5.69 Å². The minimum absolute atomic E-state index is 0.0631. The average molecular weight is 326 g/mol. The summed E-state index contributed by atoms with van der Waals surface area (Å²) in [6, 6.07) is 9.93. The van der Waals surface area contributed by atoms with Crippen molar-refractivity contribution >= 4 is 28.9 Å². The summed E-state index contributed by atoms with van der Waals surface area (Å²) in [4.78, 5) is 10.7. The number of nitrogens with zero attached hydrogens (tertiary/aromatic N) is 1. The molecule has 0 radical (unpaired) electrons. The van der Waals surface area contributed by atoms with Crippen LogP contribution in [0, 0.1) is 10.1 Å². The van der Waals surface area contributed by atoms with Crippen molar-refractivity contribution in [3.63, 3.8) is 0 Å². The van der Waals surface area contributed by atoms with Crippen LogP contribution >= 0.6 is 23.2 Å². The van der Waals surface area contributed by atoms with Crippen LogP contribution < -0.4 is 4.74 Å². The van der Waals surface area contributed by atoms with E-state index in [9.17, 15) is 10.1 Å². The Bertz CT molecular complexity index is 674. The zero-order chi connectivity index (χ0) is 15.4. The summed E-state index contributed by atoms with van der Waals surface area (Å²) in [5.74, 6) is 0.915. The van der Waals surface area contributed by atoms with E-state index in [2.05, 4.69) is 0 Å². The number of nitro benzene ring substituents is 1. The van der Waals surface area contributed by atoms with Crippen molar-refractivity contribution < 1.29 is 9.66 Å². The fourth-order valence-corrected chi connectivity index (χ4v) is 2.38. The smallest absolute Gasteiger partial charge is 0.311 e. The monoisotopic (exact) mass is 325 g/mol. The van der Waals surface area contributed by atoms with Crippen LogP contribution in [0.4, 0.5) is 5.69 Å². The molecule has 0 N–H and O–H groups in total. The molecule has 2 aromatic carbocycles. The largest absolute Gasteiger partial charge is 0.450 e. The first kappa shape index (κ1) is 15.6. The van der Waals surface area contributed by atoms with Gasteiger partial charge in [0.1, 0.15) is 5.75 Å². The molecular formula is C15H13Cl2NO3. The molecule has 21 heavy (non-hydrogen) atoms. The fourth-order valence-electron chi connectivity index (χ4n) is 1.84. The molecule has 0 amide bonds. The SMILES string of the molecule is CCc1ccc(Oc2ccc(CCl)c(Cl)c2)c([N+](=O)[O-])c1. The van der Waals surface area contributed by atoms with Crippen molar-refractivity contribution in [1.82, 2.24) is 0 Å². The summed E-state index contributed by atoms with van der Waals surface area (Å²) >= 11 is 11.8. The van der Waals surface area contributed by atoms with E-state index >= 15 is 0 Å². The Balaban J connectivity index is 2.35. The molecule has 0 fully saturated rings. The molecule has 0 aliphatic carbocycles. The Labute approximate surface area is 132 Å². The summed E-state index contributed by atoms with van der Waals surface area (Å²) in [7, 11) is 0. The summed E-state index contributed by atoms with van der Waals surface area (Å²) in [5.41, 5.74) is 1.60. The maximum Gasteiger partial charge on any atom is 0.311 e. The number of benzene rings is 2. The van der Waals surface area contributed by atoms with Crippen molar-refractivity contribution in [2.45, 2.75) is 19.2 Å². The van der Waals surface area contributed by atoms with Gasteiger partial charge in [-0.2, -0.15) is 0 Å².